The minimum atomic E-state index is -0.127. The first-order valence-electron chi connectivity index (χ1n) is 6.68. The zero-order valence-electron chi connectivity index (χ0n) is 12.1. The fraction of sp³-hybridized carbons (Fsp3) is 0.267. The maximum Gasteiger partial charge on any atom is 0.263 e. The molecule has 2 rings (SSSR count). The summed E-state index contributed by atoms with van der Waals surface area (Å²) in [5.41, 5.74) is 7.50. The number of amides is 1. The lowest BCUT2D eigenvalue weighted by molar-refractivity contribution is 0.0960. The summed E-state index contributed by atoms with van der Waals surface area (Å²) in [4.78, 5) is 12.4. The number of benzene rings is 1. The Morgan fingerprint density at radius 1 is 1.33 bits per heavy atom. The highest BCUT2D eigenvalue weighted by molar-refractivity contribution is 7.18. The van der Waals surface area contributed by atoms with E-state index in [1.165, 1.54) is 11.3 Å². The Morgan fingerprint density at radius 3 is 2.67 bits per heavy atom. The molecule has 0 unspecified atom stereocenters. The van der Waals surface area contributed by atoms with Gasteiger partial charge in [-0.3, -0.25) is 4.79 Å². The van der Waals surface area contributed by atoms with E-state index in [1.807, 2.05) is 31.2 Å². The molecular weight excluding hydrogens is 286 g/mol. The SMILES string of the molecule is CCNC(=O)c1sc(NCc2ccc(OC)cc2)cc1N. The van der Waals surface area contributed by atoms with Crippen molar-refractivity contribution in [1.29, 1.82) is 0 Å². The van der Waals surface area contributed by atoms with Crippen molar-refractivity contribution in [2.45, 2.75) is 13.5 Å². The van der Waals surface area contributed by atoms with Gasteiger partial charge in [0.25, 0.3) is 5.91 Å². The summed E-state index contributed by atoms with van der Waals surface area (Å²) < 4.78 is 5.12. The molecule has 0 radical (unpaired) electrons. The Labute approximate surface area is 128 Å². The first-order valence-corrected chi connectivity index (χ1v) is 7.50. The van der Waals surface area contributed by atoms with Gasteiger partial charge in [-0.1, -0.05) is 12.1 Å². The quantitative estimate of drug-likeness (QED) is 0.767. The van der Waals surface area contributed by atoms with Crippen LogP contribution in [0.5, 0.6) is 5.75 Å². The summed E-state index contributed by atoms with van der Waals surface area (Å²) in [6, 6.07) is 9.61. The second-order valence-corrected chi connectivity index (χ2v) is 5.51. The molecular formula is C15H19N3O2S. The molecule has 5 nitrogen and oxygen atoms in total. The molecule has 112 valence electrons. The van der Waals surface area contributed by atoms with Gasteiger partial charge in [0, 0.05) is 13.1 Å². The number of ether oxygens (including phenoxy) is 1. The predicted molar refractivity (Wildman–Crippen MR) is 87.1 cm³/mol. The molecule has 1 amide bonds. The van der Waals surface area contributed by atoms with Gasteiger partial charge in [0.05, 0.1) is 17.8 Å². The molecule has 0 spiro atoms. The normalized spacial score (nSPS) is 10.2. The first-order chi connectivity index (χ1) is 10.1. The van der Waals surface area contributed by atoms with Gasteiger partial charge in [-0.15, -0.1) is 11.3 Å². The van der Waals surface area contributed by atoms with E-state index in [0.717, 1.165) is 16.3 Å². The number of nitrogens with one attached hydrogen (secondary N) is 2. The zero-order chi connectivity index (χ0) is 15.2. The second-order valence-electron chi connectivity index (χ2n) is 4.46. The van der Waals surface area contributed by atoms with Crippen molar-refractivity contribution in [3.63, 3.8) is 0 Å². The molecule has 4 N–H and O–H groups in total. The highest BCUT2D eigenvalue weighted by Gasteiger charge is 2.13. The van der Waals surface area contributed by atoms with Crippen molar-refractivity contribution in [1.82, 2.24) is 5.32 Å². The molecule has 0 fully saturated rings. The van der Waals surface area contributed by atoms with Crippen LogP contribution in [0.1, 0.15) is 22.2 Å². The van der Waals surface area contributed by atoms with E-state index < -0.39 is 0 Å². The third-order valence-electron chi connectivity index (χ3n) is 2.93. The van der Waals surface area contributed by atoms with Crippen LogP contribution in [0.15, 0.2) is 30.3 Å². The van der Waals surface area contributed by atoms with Crippen LogP contribution in [-0.2, 0) is 6.54 Å². The van der Waals surface area contributed by atoms with Gasteiger partial charge in [-0.2, -0.15) is 0 Å². The number of anilines is 2. The van der Waals surface area contributed by atoms with Crippen LogP contribution in [0.3, 0.4) is 0 Å². The van der Waals surface area contributed by atoms with Crippen LogP contribution >= 0.6 is 11.3 Å². The number of rotatable bonds is 6. The van der Waals surface area contributed by atoms with Crippen molar-refractivity contribution in [3.8, 4) is 5.75 Å². The Balaban J connectivity index is 1.99. The fourth-order valence-electron chi connectivity index (χ4n) is 1.84. The zero-order valence-corrected chi connectivity index (χ0v) is 12.9. The molecule has 0 aliphatic carbocycles. The van der Waals surface area contributed by atoms with E-state index in [1.54, 1.807) is 13.2 Å². The largest absolute Gasteiger partial charge is 0.497 e. The van der Waals surface area contributed by atoms with Crippen LogP contribution in [-0.4, -0.2) is 19.6 Å². The third kappa shape index (κ3) is 3.88. The Hall–Kier alpha value is -2.21. The lowest BCUT2D eigenvalue weighted by atomic mass is 10.2. The molecule has 2 aromatic rings. The maximum absolute atomic E-state index is 11.8. The van der Waals surface area contributed by atoms with E-state index >= 15 is 0 Å². The number of hydrogen-bond acceptors (Lipinski definition) is 5. The number of hydrogen-bond donors (Lipinski definition) is 3. The third-order valence-corrected chi connectivity index (χ3v) is 4.04. The van der Waals surface area contributed by atoms with E-state index in [-0.39, 0.29) is 5.91 Å². The average Bonchev–Trinajstić information content (AvgIpc) is 2.87. The summed E-state index contributed by atoms with van der Waals surface area (Å²) in [7, 11) is 1.64. The number of nitrogens with two attached hydrogens (primary N) is 1. The van der Waals surface area contributed by atoms with E-state index in [9.17, 15) is 4.79 Å². The minimum Gasteiger partial charge on any atom is -0.497 e. The molecule has 21 heavy (non-hydrogen) atoms. The molecule has 6 heteroatoms. The molecule has 0 aliphatic heterocycles. The predicted octanol–water partition coefficient (Wildman–Crippen LogP) is 2.70. The average molecular weight is 305 g/mol. The lowest BCUT2D eigenvalue weighted by Crippen LogP contribution is -2.22. The Morgan fingerprint density at radius 2 is 2.05 bits per heavy atom. The maximum atomic E-state index is 11.8. The fourth-order valence-corrected chi connectivity index (χ4v) is 2.73. The van der Waals surface area contributed by atoms with Gasteiger partial charge in [-0.25, -0.2) is 0 Å². The van der Waals surface area contributed by atoms with Crippen molar-refractivity contribution >= 4 is 27.9 Å². The van der Waals surface area contributed by atoms with Gasteiger partial charge in [0.2, 0.25) is 0 Å². The van der Waals surface area contributed by atoms with Crippen LogP contribution in [0.2, 0.25) is 0 Å². The summed E-state index contributed by atoms with van der Waals surface area (Å²) >= 11 is 1.36. The second kappa shape index (κ2) is 6.99. The molecule has 0 saturated heterocycles. The number of carbonyl (C=O) groups is 1. The van der Waals surface area contributed by atoms with Crippen molar-refractivity contribution in [2.24, 2.45) is 0 Å². The monoisotopic (exact) mass is 305 g/mol. The minimum absolute atomic E-state index is 0.127. The molecule has 1 aromatic heterocycles. The lowest BCUT2D eigenvalue weighted by Gasteiger charge is -2.05. The summed E-state index contributed by atoms with van der Waals surface area (Å²) in [5, 5.41) is 6.91. The molecule has 0 saturated carbocycles. The van der Waals surface area contributed by atoms with E-state index in [4.69, 9.17) is 10.5 Å². The van der Waals surface area contributed by atoms with Crippen LogP contribution in [0, 0.1) is 0 Å². The van der Waals surface area contributed by atoms with Crippen LogP contribution < -0.4 is 21.1 Å². The molecule has 1 aromatic carbocycles. The number of nitrogen functional groups attached to an aromatic ring is 1. The van der Waals surface area contributed by atoms with Gasteiger partial charge >= 0.3 is 0 Å². The summed E-state index contributed by atoms with van der Waals surface area (Å²) in [6.45, 7) is 3.13. The van der Waals surface area contributed by atoms with E-state index in [2.05, 4.69) is 10.6 Å². The standard InChI is InChI=1S/C15H19N3O2S/c1-3-17-15(19)14-12(16)8-13(21-14)18-9-10-4-6-11(20-2)7-5-10/h4-8,18H,3,9,16H2,1-2H3,(H,17,19). The highest BCUT2D eigenvalue weighted by Crippen LogP contribution is 2.29. The molecule has 1 heterocycles. The summed E-state index contributed by atoms with van der Waals surface area (Å²) in [6.07, 6.45) is 0. The number of thiophene rings is 1. The number of carbonyl (C=O) groups excluding carboxylic acids is 1. The molecule has 0 aliphatic rings. The van der Waals surface area contributed by atoms with Crippen molar-refractivity contribution in [2.75, 3.05) is 24.7 Å². The van der Waals surface area contributed by atoms with Gasteiger partial charge in [0.15, 0.2) is 0 Å². The molecule has 0 bridgehead atoms. The Kier molecular flexibility index (Phi) is 5.05. The van der Waals surface area contributed by atoms with Crippen molar-refractivity contribution < 1.29 is 9.53 Å². The smallest absolute Gasteiger partial charge is 0.263 e. The topological polar surface area (TPSA) is 76.4 Å². The van der Waals surface area contributed by atoms with Gasteiger partial charge in [0.1, 0.15) is 10.6 Å². The van der Waals surface area contributed by atoms with Gasteiger partial charge < -0.3 is 21.1 Å². The van der Waals surface area contributed by atoms with Crippen LogP contribution in [0.4, 0.5) is 10.7 Å². The molecule has 0 atom stereocenters. The van der Waals surface area contributed by atoms with E-state index in [0.29, 0.717) is 23.7 Å². The number of methoxy groups -OCH3 is 1. The Bertz CT molecular complexity index is 608. The van der Waals surface area contributed by atoms with Crippen molar-refractivity contribution in [3.05, 3.63) is 40.8 Å². The van der Waals surface area contributed by atoms with Crippen LogP contribution in [0.25, 0.3) is 0 Å². The highest BCUT2D eigenvalue weighted by atomic mass is 32.1. The van der Waals surface area contributed by atoms with Gasteiger partial charge in [-0.05, 0) is 30.7 Å². The summed E-state index contributed by atoms with van der Waals surface area (Å²) in [5.74, 6) is 0.704. The first kappa shape index (κ1) is 15.2.